The summed E-state index contributed by atoms with van der Waals surface area (Å²) in [4.78, 5) is 31.5. The fourth-order valence-electron chi connectivity index (χ4n) is 4.99. The Bertz CT molecular complexity index is 1280. The van der Waals surface area contributed by atoms with Gasteiger partial charge >= 0.3 is 0 Å². The summed E-state index contributed by atoms with van der Waals surface area (Å²) in [6, 6.07) is 4.22. The van der Waals surface area contributed by atoms with Gasteiger partial charge in [-0.05, 0) is 43.4 Å². The summed E-state index contributed by atoms with van der Waals surface area (Å²) < 4.78 is 1.73. The summed E-state index contributed by atoms with van der Waals surface area (Å²) in [6.45, 7) is 3.90. The summed E-state index contributed by atoms with van der Waals surface area (Å²) in [5, 5.41) is 8.50. The third-order valence-corrected chi connectivity index (χ3v) is 6.66. The molecule has 1 aliphatic heterocycles. The van der Waals surface area contributed by atoms with Crippen LogP contribution in [0.25, 0.3) is 27.8 Å². The Kier molecular flexibility index (Phi) is 3.99. The molecule has 2 N–H and O–H groups in total. The van der Waals surface area contributed by atoms with Gasteiger partial charge in [0.05, 0.1) is 5.41 Å². The van der Waals surface area contributed by atoms with Crippen LogP contribution in [-0.4, -0.2) is 59.5 Å². The Morgan fingerprint density at radius 1 is 1.26 bits per heavy atom. The van der Waals surface area contributed by atoms with E-state index in [1.807, 2.05) is 35.6 Å². The molecule has 0 radical (unpaired) electrons. The summed E-state index contributed by atoms with van der Waals surface area (Å²) in [5.41, 5.74) is 3.38. The maximum absolute atomic E-state index is 12.8. The first-order valence-electron chi connectivity index (χ1n) is 10.8. The van der Waals surface area contributed by atoms with Crippen LogP contribution in [0.1, 0.15) is 32.6 Å². The van der Waals surface area contributed by atoms with Gasteiger partial charge in [-0.3, -0.25) is 4.79 Å². The van der Waals surface area contributed by atoms with Crippen molar-refractivity contribution in [1.29, 1.82) is 0 Å². The first kappa shape index (κ1) is 18.3. The molecule has 2 aliphatic rings. The highest BCUT2D eigenvalue weighted by atomic mass is 16.2. The van der Waals surface area contributed by atoms with Crippen molar-refractivity contribution in [3.05, 3.63) is 37.1 Å². The number of hydrogen-bond donors (Lipinski definition) is 2. The molecule has 4 aromatic heterocycles. The molecular weight excluding hydrogens is 392 g/mol. The molecule has 0 atom stereocenters. The molecule has 1 saturated heterocycles. The fourth-order valence-corrected chi connectivity index (χ4v) is 4.99. The average Bonchev–Trinajstić information content (AvgIpc) is 3.51. The van der Waals surface area contributed by atoms with Gasteiger partial charge in [-0.15, -0.1) is 0 Å². The third kappa shape index (κ3) is 3.03. The van der Waals surface area contributed by atoms with Crippen molar-refractivity contribution in [3.8, 4) is 11.1 Å². The minimum Gasteiger partial charge on any atom is -0.351 e. The molecule has 0 aromatic carbocycles. The maximum Gasteiger partial charge on any atom is 0.228 e. The van der Waals surface area contributed by atoms with Crippen molar-refractivity contribution >= 4 is 28.5 Å². The average molecular weight is 416 g/mol. The summed E-state index contributed by atoms with van der Waals surface area (Å²) in [5.74, 6) is 0.896. The van der Waals surface area contributed by atoms with Crippen molar-refractivity contribution in [1.82, 2.24) is 34.4 Å². The number of likely N-dealkylation sites (tertiary alicyclic amines) is 1. The van der Waals surface area contributed by atoms with Crippen LogP contribution < -0.4 is 5.32 Å². The van der Waals surface area contributed by atoms with E-state index in [1.165, 1.54) is 0 Å². The number of H-pyrrole nitrogens is 1. The van der Waals surface area contributed by atoms with E-state index in [-0.39, 0.29) is 11.5 Å². The number of amides is 1. The molecule has 158 valence electrons. The summed E-state index contributed by atoms with van der Waals surface area (Å²) in [6.07, 6.45) is 11.1. The number of carbonyl (C=O) groups is 1. The largest absolute Gasteiger partial charge is 0.351 e. The molecule has 9 heteroatoms. The van der Waals surface area contributed by atoms with Gasteiger partial charge in [0, 0.05) is 48.7 Å². The van der Waals surface area contributed by atoms with Crippen LogP contribution in [0.15, 0.2) is 37.1 Å². The van der Waals surface area contributed by atoms with Crippen LogP contribution >= 0.6 is 0 Å². The Morgan fingerprint density at radius 3 is 2.94 bits per heavy atom. The predicted octanol–water partition coefficient (Wildman–Crippen LogP) is 2.87. The molecule has 2 fully saturated rings. The molecule has 1 amide bonds. The predicted molar refractivity (Wildman–Crippen MR) is 116 cm³/mol. The Morgan fingerprint density at radius 2 is 2.10 bits per heavy atom. The SMILES string of the molecule is C[C@]1(C(=O)N2CCCC2)C[C@H](Nc2ncc3c(-c4ccn5ncnc5c4)c[nH]c3n2)C1. The first-order valence-corrected chi connectivity index (χ1v) is 10.8. The zero-order chi connectivity index (χ0) is 21.0. The number of fused-ring (bicyclic) bond motifs is 2. The molecule has 0 spiro atoms. The molecule has 1 aliphatic carbocycles. The number of rotatable bonds is 4. The molecule has 1 saturated carbocycles. The number of carbonyl (C=O) groups excluding carboxylic acids is 1. The van der Waals surface area contributed by atoms with Gasteiger partial charge in [0.1, 0.15) is 12.0 Å². The van der Waals surface area contributed by atoms with Gasteiger partial charge in [0.2, 0.25) is 11.9 Å². The van der Waals surface area contributed by atoms with Crippen LogP contribution in [0.5, 0.6) is 0 Å². The van der Waals surface area contributed by atoms with Crippen LogP contribution in [0.2, 0.25) is 0 Å². The molecule has 6 rings (SSSR count). The molecule has 31 heavy (non-hydrogen) atoms. The second-order valence-corrected chi connectivity index (χ2v) is 8.95. The second-order valence-electron chi connectivity index (χ2n) is 8.95. The fraction of sp³-hybridized carbons (Fsp3) is 0.409. The number of anilines is 1. The molecule has 9 nitrogen and oxygen atoms in total. The number of hydrogen-bond acceptors (Lipinski definition) is 6. The Hall–Kier alpha value is -3.49. The normalized spacial score (nSPS) is 23.4. The van der Waals surface area contributed by atoms with Crippen molar-refractivity contribution in [3.63, 3.8) is 0 Å². The molecule has 5 heterocycles. The lowest BCUT2D eigenvalue weighted by molar-refractivity contribution is -0.145. The van der Waals surface area contributed by atoms with E-state index in [0.717, 1.165) is 66.6 Å². The molecule has 0 unspecified atom stereocenters. The van der Waals surface area contributed by atoms with Gasteiger partial charge in [-0.25, -0.2) is 14.5 Å². The number of aromatic amines is 1. The van der Waals surface area contributed by atoms with E-state index >= 15 is 0 Å². The number of pyridine rings is 1. The van der Waals surface area contributed by atoms with E-state index in [4.69, 9.17) is 0 Å². The van der Waals surface area contributed by atoms with E-state index in [0.29, 0.717) is 11.9 Å². The second kappa shape index (κ2) is 6.76. The lowest BCUT2D eigenvalue weighted by Crippen LogP contribution is -2.53. The van der Waals surface area contributed by atoms with E-state index in [1.54, 1.807) is 10.8 Å². The lowest BCUT2D eigenvalue weighted by Gasteiger charge is -2.45. The monoisotopic (exact) mass is 416 g/mol. The molecule has 4 aromatic rings. The maximum atomic E-state index is 12.8. The highest BCUT2D eigenvalue weighted by Crippen LogP contribution is 2.44. The zero-order valence-electron chi connectivity index (χ0n) is 17.4. The molecular formula is C22H24N8O. The minimum atomic E-state index is -0.258. The van der Waals surface area contributed by atoms with Crippen LogP contribution in [0, 0.1) is 5.41 Å². The third-order valence-electron chi connectivity index (χ3n) is 6.66. The van der Waals surface area contributed by atoms with Gasteiger partial charge in [0.25, 0.3) is 0 Å². The number of aromatic nitrogens is 6. The highest BCUT2D eigenvalue weighted by molar-refractivity contribution is 5.94. The van der Waals surface area contributed by atoms with E-state index < -0.39 is 0 Å². The van der Waals surface area contributed by atoms with Gasteiger partial charge in [-0.1, -0.05) is 6.92 Å². The van der Waals surface area contributed by atoms with Gasteiger partial charge < -0.3 is 15.2 Å². The van der Waals surface area contributed by atoms with Gasteiger partial charge in [0.15, 0.2) is 5.65 Å². The highest BCUT2D eigenvalue weighted by Gasteiger charge is 2.48. The summed E-state index contributed by atoms with van der Waals surface area (Å²) in [7, 11) is 0. The van der Waals surface area contributed by atoms with Crippen LogP contribution in [0.4, 0.5) is 5.95 Å². The summed E-state index contributed by atoms with van der Waals surface area (Å²) >= 11 is 0. The topological polar surface area (TPSA) is 104 Å². The standard InChI is InChI=1S/C22H24N8O/c1-22(20(31)29-5-2-3-6-29)9-15(10-22)27-21-24-12-17-16(11-23-19(17)28-21)14-4-7-30-18(8-14)25-13-26-30/h4,7-8,11-13,15H,2-3,5-6,9-10H2,1H3,(H2,23,24,27,28)/t15-,22-. The van der Waals surface area contributed by atoms with E-state index in [9.17, 15) is 4.79 Å². The van der Waals surface area contributed by atoms with Crippen molar-refractivity contribution in [2.24, 2.45) is 5.41 Å². The Labute approximate surface area is 178 Å². The van der Waals surface area contributed by atoms with Crippen molar-refractivity contribution < 1.29 is 4.79 Å². The van der Waals surface area contributed by atoms with Crippen LogP contribution in [-0.2, 0) is 4.79 Å². The smallest absolute Gasteiger partial charge is 0.228 e. The quantitative estimate of drug-likeness (QED) is 0.530. The van der Waals surface area contributed by atoms with Crippen molar-refractivity contribution in [2.75, 3.05) is 18.4 Å². The number of nitrogens with zero attached hydrogens (tertiary/aromatic N) is 6. The van der Waals surface area contributed by atoms with E-state index in [2.05, 4.69) is 37.3 Å². The van der Waals surface area contributed by atoms with Crippen LogP contribution in [0.3, 0.4) is 0 Å². The van der Waals surface area contributed by atoms with Crippen molar-refractivity contribution in [2.45, 2.75) is 38.6 Å². The molecule has 0 bridgehead atoms. The Balaban J connectivity index is 1.18. The number of nitrogens with one attached hydrogen (secondary N) is 2. The first-order chi connectivity index (χ1) is 15.1. The lowest BCUT2D eigenvalue weighted by atomic mass is 9.66. The van der Waals surface area contributed by atoms with Gasteiger partial charge in [-0.2, -0.15) is 10.1 Å². The minimum absolute atomic E-state index is 0.221. The zero-order valence-corrected chi connectivity index (χ0v) is 17.4.